The standard InChI is InChI=1S/C14H21NO/c1-11(2)8-12-4-6-13(7-5-12)16-14(3)9-15-10-14/h4-7,11,15H,8-10H2,1-3H3. The van der Waals surface area contributed by atoms with Crippen LogP contribution >= 0.6 is 0 Å². The van der Waals surface area contributed by atoms with E-state index < -0.39 is 0 Å². The molecule has 1 aliphatic rings. The maximum Gasteiger partial charge on any atom is 0.131 e. The van der Waals surface area contributed by atoms with E-state index in [-0.39, 0.29) is 5.60 Å². The molecule has 1 heterocycles. The zero-order valence-electron chi connectivity index (χ0n) is 10.4. The third-order valence-electron chi connectivity index (χ3n) is 2.93. The lowest BCUT2D eigenvalue weighted by molar-refractivity contribution is 0.0348. The van der Waals surface area contributed by atoms with Crippen molar-refractivity contribution in [2.75, 3.05) is 13.1 Å². The number of benzene rings is 1. The van der Waals surface area contributed by atoms with Gasteiger partial charge in [0.15, 0.2) is 0 Å². The lowest BCUT2D eigenvalue weighted by Gasteiger charge is -2.39. The van der Waals surface area contributed by atoms with Crippen LogP contribution in [0.15, 0.2) is 24.3 Å². The number of hydrogen-bond acceptors (Lipinski definition) is 2. The van der Waals surface area contributed by atoms with Gasteiger partial charge in [-0.1, -0.05) is 26.0 Å². The predicted octanol–water partition coefficient (Wildman–Crippen LogP) is 2.63. The fraction of sp³-hybridized carbons (Fsp3) is 0.571. The minimum Gasteiger partial charge on any atom is -0.485 e. The third kappa shape index (κ3) is 2.76. The summed E-state index contributed by atoms with van der Waals surface area (Å²) in [5, 5.41) is 3.23. The Morgan fingerprint density at radius 2 is 1.88 bits per heavy atom. The second-order valence-electron chi connectivity index (χ2n) is 5.40. The van der Waals surface area contributed by atoms with Crippen LogP contribution in [0.2, 0.25) is 0 Å². The molecule has 1 fully saturated rings. The Bertz CT molecular complexity index is 338. The largest absolute Gasteiger partial charge is 0.485 e. The summed E-state index contributed by atoms with van der Waals surface area (Å²) >= 11 is 0. The van der Waals surface area contributed by atoms with Crippen molar-refractivity contribution in [2.45, 2.75) is 32.8 Å². The summed E-state index contributed by atoms with van der Waals surface area (Å²) in [7, 11) is 0. The molecule has 1 saturated heterocycles. The van der Waals surface area contributed by atoms with Crippen molar-refractivity contribution in [3.63, 3.8) is 0 Å². The van der Waals surface area contributed by atoms with Crippen molar-refractivity contribution in [3.05, 3.63) is 29.8 Å². The molecule has 0 amide bonds. The molecule has 0 atom stereocenters. The summed E-state index contributed by atoms with van der Waals surface area (Å²) in [6.45, 7) is 8.52. The predicted molar refractivity (Wildman–Crippen MR) is 66.9 cm³/mol. The highest BCUT2D eigenvalue weighted by Crippen LogP contribution is 2.22. The molecular weight excluding hydrogens is 198 g/mol. The van der Waals surface area contributed by atoms with Crippen LogP contribution in [-0.4, -0.2) is 18.7 Å². The minimum absolute atomic E-state index is 0.000432. The molecule has 1 aromatic carbocycles. The lowest BCUT2D eigenvalue weighted by atomic mass is 9.99. The van der Waals surface area contributed by atoms with Gasteiger partial charge in [0.1, 0.15) is 11.4 Å². The van der Waals surface area contributed by atoms with E-state index in [1.165, 1.54) is 5.56 Å². The number of nitrogens with one attached hydrogen (secondary N) is 1. The zero-order valence-corrected chi connectivity index (χ0v) is 10.4. The Morgan fingerprint density at radius 1 is 1.25 bits per heavy atom. The van der Waals surface area contributed by atoms with Gasteiger partial charge < -0.3 is 10.1 Å². The first-order chi connectivity index (χ1) is 7.57. The van der Waals surface area contributed by atoms with E-state index in [2.05, 4.69) is 50.4 Å². The highest BCUT2D eigenvalue weighted by molar-refractivity contribution is 5.28. The van der Waals surface area contributed by atoms with Gasteiger partial charge in [0.25, 0.3) is 0 Å². The van der Waals surface area contributed by atoms with Crippen LogP contribution in [0.1, 0.15) is 26.3 Å². The second kappa shape index (κ2) is 4.46. The number of rotatable bonds is 4. The van der Waals surface area contributed by atoms with Gasteiger partial charge in [0.2, 0.25) is 0 Å². The number of hydrogen-bond donors (Lipinski definition) is 1. The van der Waals surface area contributed by atoms with Gasteiger partial charge in [-0.2, -0.15) is 0 Å². The molecule has 0 radical (unpaired) electrons. The van der Waals surface area contributed by atoms with Crippen molar-refractivity contribution in [1.29, 1.82) is 0 Å². The van der Waals surface area contributed by atoms with Crippen LogP contribution < -0.4 is 10.1 Å². The van der Waals surface area contributed by atoms with E-state index in [0.29, 0.717) is 5.92 Å². The smallest absolute Gasteiger partial charge is 0.131 e. The topological polar surface area (TPSA) is 21.3 Å². The van der Waals surface area contributed by atoms with Gasteiger partial charge in [-0.15, -0.1) is 0 Å². The maximum absolute atomic E-state index is 5.94. The summed E-state index contributed by atoms with van der Waals surface area (Å²) in [6.07, 6.45) is 1.14. The van der Waals surface area contributed by atoms with Crippen molar-refractivity contribution in [3.8, 4) is 5.75 Å². The van der Waals surface area contributed by atoms with Gasteiger partial charge in [0, 0.05) is 13.1 Å². The SMILES string of the molecule is CC(C)Cc1ccc(OC2(C)CNC2)cc1. The average molecular weight is 219 g/mol. The first-order valence-electron chi connectivity index (χ1n) is 6.06. The molecule has 0 bridgehead atoms. The molecule has 2 nitrogen and oxygen atoms in total. The van der Waals surface area contributed by atoms with Crippen LogP contribution in [0.3, 0.4) is 0 Å². The van der Waals surface area contributed by atoms with Gasteiger partial charge in [-0.3, -0.25) is 0 Å². The van der Waals surface area contributed by atoms with Crippen LogP contribution in [0.25, 0.3) is 0 Å². The van der Waals surface area contributed by atoms with Crippen LogP contribution in [0, 0.1) is 5.92 Å². The molecular formula is C14H21NO. The Labute approximate surface area is 98.0 Å². The molecule has 2 rings (SSSR count). The first-order valence-corrected chi connectivity index (χ1v) is 6.06. The zero-order chi connectivity index (χ0) is 11.6. The summed E-state index contributed by atoms with van der Waals surface area (Å²) in [6, 6.07) is 8.51. The van der Waals surface area contributed by atoms with Crippen LogP contribution in [0.5, 0.6) is 5.75 Å². The second-order valence-corrected chi connectivity index (χ2v) is 5.40. The Kier molecular flexibility index (Phi) is 3.20. The molecule has 0 saturated carbocycles. The maximum atomic E-state index is 5.94. The van der Waals surface area contributed by atoms with Crippen molar-refractivity contribution < 1.29 is 4.74 Å². The van der Waals surface area contributed by atoms with Crippen molar-refractivity contribution >= 4 is 0 Å². The van der Waals surface area contributed by atoms with Gasteiger partial charge in [-0.25, -0.2) is 0 Å². The highest BCUT2D eigenvalue weighted by Gasteiger charge is 2.33. The number of ether oxygens (including phenoxy) is 1. The van der Waals surface area contributed by atoms with E-state index in [0.717, 1.165) is 25.3 Å². The van der Waals surface area contributed by atoms with Crippen molar-refractivity contribution in [1.82, 2.24) is 5.32 Å². The molecule has 1 N–H and O–H groups in total. The molecule has 0 unspecified atom stereocenters. The van der Waals surface area contributed by atoms with Gasteiger partial charge in [0.05, 0.1) is 0 Å². The molecule has 88 valence electrons. The average Bonchev–Trinajstić information content (AvgIpc) is 2.18. The third-order valence-corrected chi connectivity index (χ3v) is 2.93. The Hall–Kier alpha value is -1.02. The molecule has 0 spiro atoms. The fourth-order valence-corrected chi connectivity index (χ4v) is 2.00. The van der Waals surface area contributed by atoms with Gasteiger partial charge in [-0.05, 0) is 37.0 Å². The fourth-order valence-electron chi connectivity index (χ4n) is 2.00. The minimum atomic E-state index is -0.000432. The lowest BCUT2D eigenvalue weighted by Crippen LogP contribution is -2.60. The van der Waals surface area contributed by atoms with E-state index in [9.17, 15) is 0 Å². The molecule has 0 aliphatic carbocycles. The van der Waals surface area contributed by atoms with Crippen molar-refractivity contribution in [2.24, 2.45) is 5.92 Å². The quantitative estimate of drug-likeness (QED) is 0.840. The molecule has 1 aliphatic heterocycles. The monoisotopic (exact) mass is 219 g/mol. The van der Waals surface area contributed by atoms with E-state index >= 15 is 0 Å². The molecule has 0 aromatic heterocycles. The van der Waals surface area contributed by atoms with E-state index in [1.54, 1.807) is 0 Å². The first kappa shape index (κ1) is 11.5. The Morgan fingerprint density at radius 3 is 2.31 bits per heavy atom. The molecule has 1 aromatic rings. The van der Waals surface area contributed by atoms with Crippen LogP contribution in [0.4, 0.5) is 0 Å². The normalized spacial score (nSPS) is 18.2. The molecule has 16 heavy (non-hydrogen) atoms. The highest BCUT2D eigenvalue weighted by atomic mass is 16.5. The summed E-state index contributed by atoms with van der Waals surface area (Å²) in [5.74, 6) is 1.69. The van der Waals surface area contributed by atoms with Gasteiger partial charge >= 0.3 is 0 Å². The summed E-state index contributed by atoms with van der Waals surface area (Å²) in [4.78, 5) is 0. The summed E-state index contributed by atoms with van der Waals surface area (Å²) < 4.78 is 5.94. The summed E-state index contributed by atoms with van der Waals surface area (Å²) in [5.41, 5.74) is 1.39. The van der Waals surface area contributed by atoms with Crippen LogP contribution in [-0.2, 0) is 6.42 Å². The van der Waals surface area contributed by atoms with E-state index in [1.807, 2.05) is 0 Å². The Balaban J connectivity index is 1.96. The van der Waals surface area contributed by atoms with E-state index in [4.69, 9.17) is 4.74 Å². The molecule has 2 heteroatoms.